The largest absolute Gasteiger partial charge is 0.494 e. The first-order valence-electron chi connectivity index (χ1n) is 8.91. The lowest BCUT2D eigenvalue weighted by Gasteiger charge is -2.23. The fraction of sp³-hybridized carbons (Fsp3) is 0.316. The molecular formula is C19H23N5O5. The summed E-state index contributed by atoms with van der Waals surface area (Å²) in [5.74, 6) is -0.0579. The zero-order chi connectivity index (χ0) is 21.4. The molecule has 10 heteroatoms. The number of nitrogens with one attached hydrogen (secondary N) is 1. The van der Waals surface area contributed by atoms with Crippen LogP contribution in [0.5, 0.6) is 5.75 Å². The van der Waals surface area contributed by atoms with Crippen LogP contribution in [-0.2, 0) is 4.79 Å². The van der Waals surface area contributed by atoms with Gasteiger partial charge in [0, 0.05) is 31.8 Å². The number of nitro groups is 1. The molecule has 0 spiro atoms. The Hall–Kier alpha value is -3.53. The SMILES string of the molecule is CCN(CCO)c1ccc(N=Nc2ccc([N+](=O)[O-])cc2OC)c(NC(C)=O)c1. The lowest BCUT2D eigenvalue weighted by Crippen LogP contribution is -2.26. The Kier molecular flexibility index (Phi) is 7.61. The summed E-state index contributed by atoms with van der Waals surface area (Å²) < 4.78 is 5.15. The summed E-state index contributed by atoms with van der Waals surface area (Å²) in [5, 5.41) is 31.1. The van der Waals surface area contributed by atoms with Crippen molar-refractivity contribution in [3.05, 3.63) is 46.5 Å². The van der Waals surface area contributed by atoms with E-state index in [1.807, 2.05) is 17.9 Å². The number of benzene rings is 2. The molecule has 2 aromatic carbocycles. The van der Waals surface area contributed by atoms with Gasteiger partial charge in [0.25, 0.3) is 5.69 Å². The van der Waals surface area contributed by atoms with Gasteiger partial charge in [0.15, 0.2) is 5.75 Å². The van der Waals surface area contributed by atoms with Crippen LogP contribution in [-0.4, -0.2) is 42.7 Å². The highest BCUT2D eigenvalue weighted by Gasteiger charge is 2.13. The van der Waals surface area contributed by atoms with Crippen LogP contribution in [0.1, 0.15) is 13.8 Å². The number of hydrogen-bond acceptors (Lipinski definition) is 8. The lowest BCUT2D eigenvalue weighted by molar-refractivity contribution is -0.384. The topological polar surface area (TPSA) is 130 Å². The standard InChI is InChI=1S/C19H23N5O5/c1-4-23(9-10-25)14-5-7-16(18(11-14)20-13(2)26)21-22-17-8-6-15(24(27)28)12-19(17)29-3/h5-8,11-12,25H,4,9-10H2,1-3H3,(H,20,26). The maximum absolute atomic E-state index is 11.6. The van der Waals surface area contributed by atoms with E-state index in [-0.39, 0.29) is 24.0 Å². The number of aliphatic hydroxyl groups excluding tert-OH is 1. The number of amides is 1. The van der Waals surface area contributed by atoms with E-state index in [4.69, 9.17) is 4.74 Å². The summed E-state index contributed by atoms with van der Waals surface area (Å²) in [5.41, 5.74) is 1.87. The Morgan fingerprint density at radius 3 is 2.52 bits per heavy atom. The number of aliphatic hydroxyl groups is 1. The van der Waals surface area contributed by atoms with Gasteiger partial charge in [0.2, 0.25) is 5.91 Å². The van der Waals surface area contributed by atoms with E-state index in [9.17, 15) is 20.0 Å². The highest BCUT2D eigenvalue weighted by atomic mass is 16.6. The van der Waals surface area contributed by atoms with Gasteiger partial charge in [-0.3, -0.25) is 14.9 Å². The van der Waals surface area contributed by atoms with E-state index in [0.29, 0.717) is 30.2 Å². The Bertz CT molecular complexity index is 916. The van der Waals surface area contributed by atoms with Crippen molar-refractivity contribution in [2.75, 3.05) is 37.0 Å². The number of likely N-dealkylation sites (N-methyl/N-ethyl adjacent to an activating group) is 1. The van der Waals surface area contributed by atoms with Crippen LogP contribution in [0.15, 0.2) is 46.6 Å². The van der Waals surface area contributed by atoms with E-state index in [0.717, 1.165) is 5.69 Å². The van der Waals surface area contributed by atoms with E-state index in [1.165, 1.54) is 32.2 Å². The number of nitrogens with zero attached hydrogens (tertiary/aromatic N) is 4. The second-order valence-corrected chi connectivity index (χ2v) is 6.00. The summed E-state index contributed by atoms with van der Waals surface area (Å²) in [6.07, 6.45) is 0. The molecule has 0 saturated carbocycles. The fourth-order valence-electron chi connectivity index (χ4n) is 2.66. The van der Waals surface area contributed by atoms with Crippen LogP contribution >= 0.6 is 0 Å². The zero-order valence-corrected chi connectivity index (χ0v) is 16.5. The van der Waals surface area contributed by atoms with Crippen LogP contribution in [0, 0.1) is 10.1 Å². The molecule has 1 amide bonds. The summed E-state index contributed by atoms with van der Waals surface area (Å²) in [7, 11) is 1.39. The number of carbonyl (C=O) groups excluding carboxylic acids is 1. The first-order chi connectivity index (χ1) is 13.9. The van der Waals surface area contributed by atoms with Gasteiger partial charge in [-0.25, -0.2) is 0 Å². The maximum atomic E-state index is 11.6. The number of hydrogen-bond donors (Lipinski definition) is 2. The van der Waals surface area contributed by atoms with Crippen molar-refractivity contribution in [2.45, 2.75) is 13.8 Å². The normalized spacial score (nSPS) is 10.8. The molecule has 2 N–H and O–H groups in total. The van der Waals surface area contributed by atoms with Crippen molar-refractivity contribution in [3.63, 3.8) is 0 Å². The third-order valence-corrected chi connectivity index (χ3v) is 4.05. The number of non-ortho nitro benzene ring substituents is 1. The maximum Gasteiger partial charge on any atom is 0.273 e. The number of anilines is 2. The van der Waals surface area contributed by atoms with Gasteiger partial charge in [-0.05, 0) is 31.2 Å². The summed E-state index contributed by atoms with van der Waals surface area (Å²) in [6, 6.07) is 9.27. The molecule has 2 rings (SSSR count). The second kappa shape index (κ2) is 10.1. The number of methoxy groups -OCH3 is 1. The number of ether oxygens (including phenoxy) is 1. The molecular weight excluding hydrogens is 378 g/mol. The molecule has 0 atom stereocenters. The number of azo groups is 1. The zero-order valence-electron chi connectivity index (χ0n) is 16.5. The van der Waals surface area contributed by atoms with Gasteiger partial charge < -0.3 is 20.1 Å². The summed E-state index contributed by atoms with van der Waals surface area (Å²) >= 11 is 0. The summed E-state index contributed by atoms with van der Waals surface area (Å²) in [4.78, 5) is 23.9. The van der Waals surface area contributed by atoms with Crippen molar-refractivity contribution in [1.29, 1.82) is 0 Å². The third kappa shape index (κ3) is 5.72. The predicted octanol–water partition coefficient (Wildman–Crippen LogP) is 3.80. The minimum absolute atomic E-state index is 0.00467. The van der Waals surface area contributed by atoms with Crippen molar-refractivity contribution in [3.8, 4) is 5.75 Å². The van der Waals surface area contributed by atoms with Crippen LogP contribution in [0.25, 0.3) is 0 Å². The number of nitro benzene ring substituents is 1. The van der Waals surface area contributed by atoms with Crippen molar-refractivity contribution in [1.82, 2.24) is 0 Å². The molecule has 0 aliphatic carbocycles. The van der Waals surface area contributed by atoms with Crippen molar-refractivity contribution < 1.29 is 19.6 Å². The third-order valence-electron chi connectivity index (χ3n) is 4.05. The molecule has 2 aromatic rings. The number of rotatable bonds is 9. The van der Waals surface area contributed by atoms with Gasteiger partial charge in [0.05, 0.1) is 30.4 Å². The van der Waals surface area contributed by atoms with Crippen LogP contribution in [0.3, 0.4) is 0 Å². The quantitative estimate of drug-likeness (QED) is 0.373. The van der Waals surface area contributed by atoms with Crippen LogP contribution in [0.2, 0.25) is 0 Å². The monoisotopic (exact) mass is 401 g/mol. The van der Waals surface area contributed by atoms with Gasteiger partial charge in [-0.1, -0.05) is 0 Å². The highest BCUT2D eigenvalue weighted by Crippen LogP contribution is 2.35. The Morgan fingerprint density at radius 2 is 1.93 bits per heavy atom. The van der Waals surface area contributed by atoms with E-state index >= 15 is 0 Å². The average molecular weight is 401 g/mol. The molecule has 0 unspecified atom stereocenters. The molecule has 0 saturated heterocycles. The molecule has 29 heavy (non-hydrogen) atoms. The number of carbonyl (C=O) groups is 1. The Morgan fingerprint density at radius 1 is 1.24 bits per heavy atom. The second-order valence-electron chi connectivity index (χ2n) is 6.00. The molecule has 0 fully saturated rings. The Balaban J connectivity index is 2.40. The first kappa shape index (κ1) is 21.8. The van der Waals surface area contributed by atoms with Crippen LogP contribution < -0.4 is 15.0 Å². The van der Waals surface area contributed by atoms with E-state index in [2.05, 4.69) is 15.5 Å². The van der Waals surface area contributed by atoms with Gasteiger partial charge in [-0.2, -0.15) is 0 Å². The van der Waals surface area contributed by atoms with Crippen LogP contribution in [0.4, 0.5) is 28.4 Å². The average Bonchev–Trinajstić information content (AvgIpc) is 2.70. The predicted molar refractivity (Wildman–Crippen MR) is 110 cm³/mol. The molecule has 154 valence electrons. The van der Waals surface area contributed by atoms with Gasteiger partial charge in [-0.15, -0.1) is 10.2 Å². The molecule has 0 radical (unpaired) electrons. The highest BCUT2D eigenvalue weighted by molar-refractivity contribution is 5.93. The Labute approximate surface area is 168 Å². The molecule has 0 aliphatic heterocycles. The molecule has 10 nitrogen and oxygen atoms in total. The molecule has 0 aromatic heterocycles. The lowest BCUT2D eigenvalue weighted by atomic mass is 10.2. The van der Waals surface area contributed by atoms with Gasteiger partial charge in [0.1, 0.15) is 11.4 Å². The minimum atomic E-state index is -0.525. The molecule has 0 aliphatic rings. The van der Waals surface area contributed by atoms with Crippen molar-refractivity contribution >= 4 is 34.3 Å². The van der Waals surface area contributed by atoms with Crippen molar-refractivity contribution in [2.24, 2.45) is 10.2 Å². The van der Waals surface area contributed by atoms with Gasteiger partial charge >= 0.3 is 0 Å². The minimum Gasteiger partial charge on any atom is -0.494 e. The summed E-state index contributed by atoms with van der Waals surface area (Å²) in [6.45, 7) is 4.49. The first-order valence-corrected chi connectivity index (χ1v) is 8.91. The van der Waals surface area contributed by atoms with E-state index < -0.39 is 4.92 Å². The van der Waals surface area contributed by atoms with E-state index in [1.54, 1.807) is 12.1 Å². The fourth-order valence-corrected chi connectivity index (χ4v) is 2.66. The molecule has 0 bridgehead atoms. The molecule has 0 heterocycles. The smallest absolute Gasteiger partial charge is 0.273 e.